The Kier molecular flexibility index (Phi) is 7.69. The number of hydrogen-bond donors (Lipinski definition) is 0. The van der Waals surface area contributed by atoms with Gasteiger partial charge in [0.25, 0.3) is 11.7 Å². The highest BCUT2D eigenvalue weighted by Gasteiger charge is 2.30. The molecule has 0 radical (unpaired) electrons. The van der Waals surface area contributed by atoms with Crippen LogP contribution in [0.15, 0.2) is 28.8 Å². The first-order valence-electron chi connectivity index (χ1n) is 12.7. The van der Waals surface area contributed by atoms with Gasteiger partial charge in [-0.25, -0.2) is 0 Å². The monoisotopic (exact) mass is 467 g/mol. The molecule has 2 heterocycles. The summed E-state index contributed by atoms with van der Waals surface area (Å²) in [6.07, 6.45) is 9.67. The number of amides is 1. The Morgan fingerprint density at radius 1 is 1.12 bits per heavy atom. The molecule has 2 aliphatic rings. The highest BCUT2D eigenvalue weighted by atomic mass is 16.6. The number of nitrogens with zero attached hydrogens (tertiary/aromatic N) is 3. The lowest BCUT2D eigenvalue weighted by Gasteiger charge is -2.23. The van der Waals surface area contributed by atoms with Gasteiger partial charge < -0.3 is 14.2 Å². The van der Waals surface area contributed by atoms with Crippen molar-refractivity contribution in [2.75, 3.05) is 0 Å². The first-order chi connectivity index (χ1) is 16.3. The molecule has 0 spiro atoms. The summed E-state index contributed by atoms with van der Waals surface area (Å²) in [5.41, 5.74) is 1.74. The average Bonchev–Trinajstić information content (AvgIpc) is 3.45. The maximum Gasteiger partial charge on any atom is 0.307 e. The van der Waals surface area contributed by atoms with Gasteiger partial charge in [-0.3, -0.25) is 9.59 Å². The number of esters is 1. The van der Waals surface area contributed by atoms with Crippen molar-refractivity contribution >= 4 is 11.9 Å². The first-order valence-corrected chi connectivity index (χ1v) is 12.7. The second-order valence-corrected chi connectivity index (χ2v) is 10.8. The zero-order valence-electron chi connectivity index (χ0n) is 20.7. The van der Waals surface area contributed by atoms with Gasteiger partial charge in [-0.15, -0.1) is 0 Å². The van der Waals surface area contributed by atoms with Crippen LogP contribution in [-0.4, -0.2) is 32.5 Å². The van der Waals surface area contributed by atoms with Crippen molar-refractivity contribution in [2.24, 2.45) is 5.92 Å². The summed E-state index contributed by atoms with van der Waals surface area (Å²) >= 11 is 0. The minimum absolute atomic E-state index is 0.0595. The molecule has 7 nitrogen and oxygen atoms in total. The molecule has 1 aromatic heterocycles. The number of fused-ring (bicyclic) bond motifs is 1. The number of aromatic nitrogens is 2. The minimum atomic E-state index is -0.551. The van der Waals surface area contributed by atoms with Crippen LogP contribution in [-0.2, 0) is 22.6 Å². The van der Waals surface area contributed by atoms with Gasteiger partial charge in [0, 0.05) is 19.0 Å². The van der Waals surface area contributed by atoms with Gasteiger partial charge in [-0.1, -0.05) is 74.4 Å². The summed E-state index contributed by atoms with van der Waals surface area (Å²) < 4.78 is 11.1. The molecule has 1 amide bonds. The maximum absolute atomic E-state index is 13.0. The molecule has 1 saturated carbocycles. The fraction of sp³-hybridized carbons (Fsp3) is 0.630. The van der Waals surface area contributed by atoms with Crippen molar-refractivity contribution in [1.29, 1.82) is 0 Å². The van der Waals surface area contributed by atoms with Crippen LogP contribution in [0.4, 0.5) is 0 Å². The summed E-state index contributed by atoms with van der Waals surface area (Å²) in [6, 6.07) is 8.03. The molecule has 0 unspecified atom stereocenters. The predicted molar refractivity (Wildman–Crippen MR) is 128 cm³/mol. The Labute approximate surface area is 202 Å². The van der Waals surface area contributed by atoms with Gasteiger partial charge in [-0.2, -0.15) is 4.98 Å². The molecule has 34 heavy (non-hydrogen) atoms. The molecule has 184 valence electrons. The van der Waals surface area contributed by atoms with E-state index < -0.39 is 5.60 Å². The number of rotatable bonds is 8. The second kappa shape index (κ2) is 10.7. The van der Waals surface area contributed by atoms with Crippen molar-refractivity contribution in [3.05, 3.63) is 47.1 Å². The van der Waals surface area contributed by atoms with Crippen LogP contribution in [0, 0.1) is 5.92 Å². The molecule has 2 aromatic rings. The van der Waals surface area contributed by atoms with Crippen molar-refractivity contribution < 1.29 is 18.8 Å². The molecule has 7 heteroatoms. The molecule has 1 aromatic carbocycles. The third-order valence-corrected chi connectivity index (χ3v) is 6.83. The van der Waals surface area contributed by atoms with Gasteiger partial charge in [0.15, 0.2) is 0 Å². The topological polar surface area (TPSA) is 85.5 Å². The van der Waals surface area contributed by atoms with Crippen LogP contribution in [0.5, 0.6) is 0 Å². The number of carbonyl (C=O) groups excluding carboxylic acids is 2. The smallest absolute Gasteiger partial charge is 0.307 e. The van der Waals surface area contributed by atoms with Crippen LogP contribution in [0.1, 0.15) is 112 Å². The Hall–Kier alpha value is -2.70. The van der Waals surface area contributed by atoms with Crippen LogP contribution in [0.25, 0.3) is 0 Å². The Morgan fingerprint density at radius 2 is 1.79 bits per heavy atom. The van der Waals surface area contributed by atoms with Gasteiger partial charge in [-0.05, 0) is 44.2 Å². The van der Waals surface area contributed by atoms with Crippen molar-refractivity contribution in [3.63, 3.8) is 0 Å². The SMILES string of the molecule is CC(C)(C)OC(=O)C[C@@H](CCCC1CCCCC1)c1nc(C(=O)N2Cc3ccccc3C2)no1. The zero-order valence-corrected chi connectivity index (χ0v) is 20.7. The highest BCUT2D eigenvalue weighted by Crippen LogP contribution is 2.32. The van der Waals surface area contributed by atoms with E-state index in [0.717, 1.165) is 36.3 Å². The summed E-state index contributed by atoms with van der Waals surface area (Å²) in [7, 11) is 0. The zero-order chi connectivity index (χ0) is 24.1. The van der Waals surface area contributed by atoms with Crippen LogP contribution < -0.4 is 0 Å². The molecule has 1 atom stereocenters. The van der Waals surface area contributed by atoms with Gasteiger partial charge >= 0.3 is 5.97 Å². The van der Waals surface area contributed by atoms with Crippen molar-refractivity contribution in [1.82, 2.24) is 15.0 Å². The van der Waals surface area contributed by atoms with E-state index in [1.807, 2.05) is 45.0 Å². The molecule has 0 bridgehead atoms. The van der Waals surface area contributed by atoms with E-state index in [0.29, 0.717) is 19.0 Å². The largest absolute Gasteiger partial charge is 0.460 e. The van der Waals surface area contributed by atoms with E-state index in [1.54, 1.807) is 4.90 Å². The standard InChI is InChI=1S/C27H37N3O4/c1-27(2,3)33-23(31)16-20(15-9-12-19-10-5-4-6-11-19)25-28-24(29-34-25)26(32)30-17-21-13-7-8-14-22(21)18-30/h7-8,13-14,19-20H,4-6,9-12,15-18H2,1-3H3/t20-/m1/s1. The van der Waals surface area contributed by atoms with E-state index in [2.05, 4.69) is 10.1 Å². The maximum atomic E-state index is 13.0. The Bertz CT molecular complexity index is 963. The summed E-state index contributed by atoms with van der Waals surface area (Å²) in [6.45, 7) is 6.67. The fourth-order valence-corrected chi connectivity index (χ4v) is 5.13. The van der Waals surface area contributed by atoms with Gasteiger partial charge in [0.2, 0.25) is 5.89 Å². The minimum Gasteiger partial charge on any atom is -0.460 e. The van der Waals surface area contributed by atoms with Gasteiger partial charge in [0.1, 0.15) is 5.60 Å². The van der Waals surface area contributed by atoms with E-state index in [-0.39, 0.29) is 30.0 Å². The Balaban J connectivity index is 1.41. The quantitative estimate of drug-likeness (QED) is 0.457. The molecule has 1 aliphatic carbocycles. The third kappa shape index (κ3) is 6.45. The van der Waals surface area contributed by atoms with E-state index in [1.165, 1.54) is 32.1 Å². The average molecular weight is 468 g/mol. The highest BCUT2D eigenvalue weighted by molar-refractivity contribution is 5.90. The van der Waals surface area contributed by atoms with Crippen LogP contribution in [0.2, 0.25) is 0 Å². The summed E-state index contributed by atoms with van der Waals surface area (Å²) in [5, 5.41) is 3.99. The lowest BCUT2D eigenvalue weighted by atomic mass is 9.84. The number of benzene rings is 1. The lowest BCUT2D eigenvalue weighted by molar-refractivity contribution is -0.155. The molecular weight excluding hydrogens is 430 g/mol. The number of ether oxygens (including phenoxy) is 1. The normalized spacial score (nSPS) is 17.4. The number of hydrogen-bond acceptors (Lipinski definition) is 6. The number of carbonyl (C=O) groups is 2. The van der Waals surface area contributed by atoms with Crippen LogP contribution in [0.3, 0.4) is 0 Å². The van der Waals surface area contributed by atoms with E-state index in [4.69, 9.17) is 9.26 Å². The summed E-state index contributed by atoms with van der Waals surface area (Å²) in [4.78, 5) is 31.8. The van der Waals surface area contributed by atoms with E-state index >= 15 is 0 Å². The molecule has 0 saturated heterocycles. The third-order valence-electron chi connectivity index (χ3n) is 6.83. The molecule has 0 N–H and O–H groups in total. The second-order valence-electron chi connectivity index (χ2n) is 10.8. The van der Waals surface area contributed by atoms with E-state index in [9.17, 15) is 9.59 Å². The molecule has 1 fully saturated rings. The molecule has 1 aliphatic heterocycles. The predicted octanol–water partition coefficient (Wildman–Crippen LogP) is 5.79. The molecule has 4 rings (SSSR count). The molecular formula is C27H37N3O4. The Morgan fingerprint density at radius 3 is 2.44 bits per heavy atom. The lowest BCUT2D eigenvalue weighted by Crippen LogP contribution is -2.26. The van der Waals surface area contributed by atoms with Crippen molar-refractivity contribution in [3.8, 4) is 0 Å². The summed E-state index contributed by atoms with van der Waals surface area (Å²) in [5.74, 6) is 0.412. The van der Waals surface area contributed by atoms with Crippen molar-refractivity contribution in [2.45, 2.75) is 103 Å². The fourth-order valence-electron chi connectivity index (χ4n) is 5.13. The first kappa shape index (κ1) is 24.4. The van der Waals surface area contributed by atoms with Crippen LogP contribution >= 0.6 is 0 Å². The van der Waals surface area contributed by atoms with Gasteiger partial charge in [0.05, 0.1) is 6.42 Å².